The Kier molecular flexibility index (Phi) is 4.26. The molecule has 0 saturated carbocycles. The predicted octanol–water partition coefficient (Wildman–Crippen LogP) is 3.16. The van der Waals surface area contributed by atoms with E-state index in [-0.39, 0.29) is 0 Å². The van der Waals surface area contributed by atoms with E-state index in [1.807, 2.05) is 0 Å². The largest absolute Gasteiger partial charge is 0.360 e. The first-order chi connectivity index (χ1) is 8.29. The summed E-state index contributed by atoms with van der Waals surface area (Å²) < 4.78 is 0. The van der Waals surface area contributed by atoms with Gasteiger partial charge >= 0.3 is 0 Å². The Balaban J connectivity index is 2.06. The fourth-order valence-corrected chi connectivity index (χ4v) is 2.21. The highest BCUT2D eigenvalue weighted by Crippen LogP contribution is 2.15. The molecule has 0 fully saturated rings. The van der Waals surface area contributed by atoms with Gasteiger partial charge in [-0.2, -0.15) is 0 Å². The second-order valence-electron chi connectivity index (χ2n) is 4.12. The number of nitrogens with zero attached hydrogens (tertiary/aromatic N) is 2. The molecular weight excluding hydrogens is 228 g/mol. The molecule has 0 amide bonds. The highest BCUT2D eigenvalue weighted by molar-refractivity contribution is 7.98. The molecular formula is C14H18N2S. The zero-order valence-corrected chi connectivity index (χ0v) is 11.2. The summed E-state index contributed by atoms with van der Waals surface area (Å²) in [5, 5.41) is 0. The summed E-state index contributed by atoms with van der Waals surface area (Å²) in [6.45, 7) is 2.06. The maximum Gasteiger partial charge on any atom is 0.123 e. The maximum atomic E-state index is 4.51. The van der Waals surface area contributed by atoms with Crippen molar-refractivity contribution in [2.24, 2.45) is 4.99 Å². The van der Waals surface area contributed by atoms with Crippen LogP contribution in [0.2, 0.25) is 0 Å². The van der Waals surface area contributed by atoms with Crippen LogP contribution in [0.4, 0.5) is 0 Å². The topological polar surface area (TPSA) is 15.6 Å². The predicted molar refractivity (Wildman–Crippen MR) is 76.8 cm³/mol. The lowest BCUT2D eigenvalue weighted by molar-refractivity contribution is 0.470. The molecule has 0 bridgehead atoms. The van der Waals surface area contributed by atoms with Crippen LogP contribution in [0.25, 0.3) is 6.08 Å². The maximum absolute atomic E-state index is 4.51. The average molecular weight is 246 g/mol. The Hall–Kier alpha value is -1.22. The van der Waals surface area contributed by atoms with Crippen LogP contribution in [0.5, 0.6) is 0 Å². The summed E-state index contributed by atoms with van der Waals surface area (Å²) in [4.78, 5) is 8.02. The molecule has 2 rings (SSSR count). The third-order valence-corrected chi connectivity index (χ3v) is 3.60. The molecule has 17 heavy (non-hydrogen) atoms. The Labute approximate surface area is 107 Å². The van der Waals surface area contributed by atoms with Gasteiger partial charge in [-0.3, -0.25) is 4.99 Å². The fraction of sp³-hybridized carbons (Fsp3) is 0.357. The highest BCUT2D eigenvalue weighted by atomic mass is 32.2. The van der Waals surface area contributed by atoms with Crippen molar-refractivity contribution in [3.8, 4) is 0 Å². The number of rotatable bonds is 3. The fourth-order valence-electron chi connectivity index (χ4n) is 1.80. The minimum absolute atomic E-state index is 0.954. The molecule has 1 aliphatic heterocycles. The molecule has 1 aromatic rings. The molecule has 0 unspecified atom stereocenters. The van der Waals surface area contributed by atoms with Gasteiger partial charge in [-0.05, 0) is 36.4 Å². The Morgan fingerprint density at radius 2 is 2.00 bits per heavy atom. The van der Waals surface area contributed by atoms with Crippen LogP contribution >= 0.6 is 11.8 Å². The summed E-state index contributed by atoms with van der Waals surface area (Å²) >= 11 is 1.77. The Morgan fingerprint density at radius 1 is 1.24 bits per heavy atom. The third kappa shape index (κ3) is 3.37. The van der Waals surface area contributed by atoms with Crippen molar-refractivity contribution in [1.82, 2.24) is 4.90 Å². The standard InChI is InChI=1S/C14H18N2S/c1-16-11-3-10-15-14(16)9-6-12-4-7-13(17-2)8-5-12/h4-9H,3,10-11H2,1-2H3/b9-6+. The number of hydrogen-bond acceptors (Lipinski definition) is 3. The highest BCUT2D eigenvalue weighted by Gasteiger charge is 2.06. The Morgan fingerprint density at radius 3 is 2.65 bits per heavy atom. The van der Waals surface area contributed by atoms with Crippen molar-refractivity contribution in [3.63, 3.8) is 0 Å². The van der Waals surface area contributed by atoms with Gasteiger partial charge in [0, 0.05) is 25.0 Å². The molecule has 0 radical (unpaired) electrons. The van der Waals surface area contributed by atoms with Gasteiger partial charge in [0.25, 0.3) is 0 Å². The molecule has 0 atom stereocenters. The van der Waals surface area contributed by atoms with Gasteiger partial charge in [-0.15, -0.1) is 11.8 Å². The van der Waals surface area contributed by atoms with Gasteiger partial charge in [-0.1, -0.05) is 18.2 Å². The molecule has 0 aromatic heterocycles. The average Bonchev–Trinajstić information content (AvgIpc) is 2.38. The van der Waals surface area contributed by atoms with Crippen LogP contribution in [0.1, 0.15) is 12.0 Å². The molecule has 90 valence electrons. The summed E-state index contributed by atoms with van der Waals surface area (Å²) in [7, 11) is 2.10. The molecule has 0 N–H and O–H groups in total. The van der Waals surface area contributed by atoms with Crippen LogP contribution in [0, 0.1) is 0 Å². The SMILES string of the molecule is CSc1ccc(/C=C/C2=NCCCN2C)cc1. The Bertz CT molecular complexity index is 420. The number of likely N-dealkylation sites (N-methyl/N-ethyl adjacent to an activating group) is 1. The minimum Gasteiger partial charge on any atom is -0.360 e. The van der Waals surface area contributed by atoms with Crippen molar-refractivity contribution >= 4 is 23.7 Å². The summed E-state index contributed by atoms with van der Waals surface area (Å²) in [5.41, 5.74) is 1.23. The first-order valence-electron chi connectivity index (χ1n) is 5.87. The molecule has 0 aliphatic carbocycles. The van der Waals surface area contributed by atoms with E-state index in [0.717, 1.165) is 25.3 Å². The van der Waals surface area contributed by atoms with Crippen molar-refractivity contribution in [3.05, 3.63) is 35.9 Å². The zero-order valence-electron chi connectivity index (χ0n) is 10.4. The van der Waals surface area contributed by atoms with Crippen molar-refractivity contribution in [1.29, 1.82) is 0 Å². The van der Waals surface area contributed by atoms with E-state index in [1.54, 1.807) is 11.8 Å². The zero-order chi connectivity index (χ0) is 12.1. The van der Waals surface area contributed by atoms with Gasteiger partial charge in [0.1, 0.15) is 5.84 Å². The molecule has 1 aliphatic rings. The van der Waals surface area contributed by atoms with Crippen LogP contribution in [-0.4, -0.2) is 37.1 Å². The van der Waals surface area contributed by atoms with Crippen molar-refractivity contribution in [2.45, 2.75) is 11.3 Å². The molecule has 0 saturated heterocycles. The molecule has 0 spiro atoms. The van der Waals surface area contributed by atoms with Gasteiger partial charge in [0.2, 0.25) is 0 Å². The first kappa shape index (κ1) is 12.2. The van der Waals surface area contributed by atoms with Crippen molar-refractivity contribution < 1.29 is 0 Å². The van der Waals surface area contributed by atoms with Gasteiger partial charge in [0.05, 0.1) is 0 Å². The molecule has 1 aromatic carbocycles. The van der Waals surface area contributed by atoms with Crippen LogP contribution in [0.3, 0.4) is 0 Å². The number of benzene rings is 1. The first-order valence-corrected chi connectivity index (χ1v) is 7.10. The van der Waals surface area contributed by atoms with Crippen LogP contribution in [0.15, 0.2) is 40.2 Å². The van der Waals surface area contributed by atoms with Crippen LogP contribution < -0.4 is 0 Å². The number of aliphatic imine (C=N–C) groups is 1. The van der Waals surface area contributed by atoms with E-state index >= 15 is 0 Å². The monoisotopic (exact) mass is 246 g/mol. The molecule has 2 nitrogen and oxygen atoms in total. The number of thioether (sulfide) groups is 1. The number of hydrogen-bond donors (Lipinski definition) is 0. The quantitative estimate of drug-likeness (QED) is 0.761. The lowest BCUT2D eigenvalue weighted by Gasteiger charge is -2.22. The second-order valence-corrected chi connectivity index (χ2v) is 5.00. The normalized spacial score (nSPS) is 16.4. The van der Waals surface area contributed by atoms with E-state index in [4.69, 9.17) is 0 Å². The van der Waals surface area contributed by atoms with E-state index in [9.17, 15) is 0 Å². The number of amidine groups is 1. The van der Waals surface area contributed by atoms with Gasteiger partial charge in [0.15, 0.2) is 0 Å². The minimum atomic E-state index is 0.954. The van der Waals surface area contributed by atoms with E-state index < -0.39 is 0 Å². The molecule has 1 heterocycles. The van der Waals surface area contributed by atoms with Gasteiger partial charge < -0.3 is 4.90 Å². The molecule has 3 heteroatoms. The van der Waals surface area contributed by atoms with Gasteiger partial charge in [-0.25, -0.2) is 0 Å². The summed E-state index contributed by atoms with van der Waals surface area (Å²) in [5.74, 6) is 1.09. The van der Waals surface area contributed by atoms with E-state index in [0.29, 0.717) is 0 Å². The van der Waals surface area contributed by atoms with E-state index in [1.165, 1.54) is 10.5 Å². The summed E-state index contributed by atoms with van der Waals surface area (Å²) in [6.07, 6.45) is 7.49. The lowest BCUT2D eigenvalue weighted by Crippen LogP contribution is -2.30. The van der Waals surface area contributed by atoms with E-state index in [2.05, 4.69) is 59.6 Å². The lowest BCUT2D eigenvalue weighted by atomic mass is 10.2. The van der Waals surface area contributed by atoms with Crippen LogP contribution in [-0.2, 0) is 0 Å². The van der Waals surface area contributed by atoms with Crippen molar-refractivity contribution in [2.75, 3.05) is 26.4 Å². The third-order valence-electron chi connectivity index (χ3n) is 2.86. The smallest absolute Gasteiger partial charge is 0.123 e. The summed E-state index contributed by atoms with van der Waals surface area (Å²) in [6, 6.07) is 8.59. The second kappa shape index (κ2) is 5.92.